The second kappa shape index (κ2) is 5.90. The molecule has 1 amide bonds. The van der Waals surface area contributed by atoms with Crippen molar-refractivity contribution in [2.24, 2.45) is 5.41 Å². The first-order valence-electron chi connectivity index (χ1n) is 7.32. The quantitative estimate of drug-likeness (QED) is 0.792. The van der Waals surface area contributed by atoms with Crippen LogP contribution in [0.2, 0.25) is 0 Å². The predicted octanol–water partition coefficient (Wildman–Crippen LogP) is 2.92. The van der Waals surface area contributed by atoms with Crippen LogP contribution >= 0.6 is 0 Å². The summed E-state index contributed by atoms with van der Waals surface area (Å²) in [6.45, 7) is 8.84. The maximum absolute atomic E-state index is 12.3. The van der Waals surface area contributed by atoms with E-state index < -0.39 is 0 Å². The molecular formula is C17H24N2O2. The van der Waals surface area contributed by atoms with Gasteiger partial charge in [-0.15, -0.1) is 0 Å². The van der Waals surface area contributed by atoms with Gasteiger partial charge in [-0.05, 0) is 49.4 Å². The summed E-state index contributed by atoms with van der Waals surface area (Å²) in [7, 11) is 0. The molecule has 0 aliphatic rings. The highest BCUT2D eigenvalue weighted by atomic mass is 16.3. The Morgan fingerprint density at radius 1 is 1.33 bits per heavy atom. The fourth-order valence-corrected chi connectivity index (χ4v) is 2.42. The number of hydrogen-bond donors (Lipinski definition) is 3. The molecule has 0 unspecified atom stereocenters. The first-order chi connectivity index (χ1) is 9.84. The lowest BCUT2D eigenvalue weighted by Crippen LogP contribution is -2.34. The molecule has 0 fully saturated rings. The number of rotatable bonds is 5. The highest BCUT2D eigenvalue weighted by Crippen LogP contribution is 2.23. The average Bonchev–Trinajstić information content (AvgIpc) is 2.71. The molecule has 4 heteroatoms. The Bertz CT molecular complexity index is 656. The topological polar surface area (TPSA) is 65.1 Å². The van der Waals surface area contributed by atoms with Gasteiger partial charge in [0.2, 0.25) is 0 Å². The number of aliphatic hydroxyl groups is 1. The third-order valence-electron chi connectivity index (χ3n) is 4.09. The summed E-state index contributed by atoms with van der Waals surface area (Å²) >= 11 is 0. The number of H-pyrrole nitrogens is 1. The molecule has 2 aromatic rings. The summed E-state index contributed by atoms with van der Waals surface area (Å²) in [6.07, 6.45) is 0.669. The van der Waals surface area contributed by atoms with Gasteiger partial charge in [-0.25, -0.2) is 0 Å². The molecule has 21 heavy (non-hydrogen) atoms. The molecule has 0 aliphatic carbocycles. The van der Waals surface area contributed by atoms with Gasteiger partial charge in [-0.1, -0.05) is 13.8 Å². The number of nitrogens with one attached hydrogen (secondary N) is 2. The Hall–Kier alpha value is -1.81. The van der Waals surface area contributed by atoms with E-state index in [2.05, 4.69) is 17.2 Å². The van der Waals surface area contributed by atoms with E-state index in [-0.39, 0.29) is 17.9 Å². The third kappa shape index (κ3) is 3.45. The number of aryl methyl sites for hydroxylation is 2. The first-order valence-corrected chi connectivity index (χ1v) is 7.32. The molecule has 0 spiro atoms. The Labute approximate surface area is 125 Å². The molecule has 2 rings (SSSR count). The molecule has 1 heterocycles. The van der Waals surface area contributed by atoms with Crippen LogP contribution in [-0.4, -0.2) is 29.1 Å². The number of aliphatic hydroxyl groups excluding tert-OH is 1. The SMILES string of the molecule is Cc1[nH]c2ccc(C(=O)NCC(C)(C)CCO)cc2c1C. The lowest BCUT2D eigenvalue weighted by molar-refractivity contribution is 0.0928. The minimum absolute atomic E-state index is 0.0684. The lowest BCUT2D eigenvalue weighted by Gasteiger charge is -2.23. The molecule has 0 bridgehead atoms. The Morgan fingerprint density at radius 3 is 2.71 bits per heavy atom. The highest BCUT2D eigenvalue weighted by Gasteiger charge is 2.19. The number of aromatic amines is 1. The molecule has 0 aliphatic heterocycles. The van der Waals surface area contributed by atoms with E-state index in [1.165, 1.54) is 5.56 Å². The largest absolute Gasteiger partial charge is 0.396 e. The molecule has 1 aromatic heterocycles. The van der Waals surface area contributed by atoms with Crippen LogP contribution in [0.4, 0.5) is 0 Å². The molecule has 114 valence electrons. The van der Waals surface area contributed by atoms with Crippen LogP contribution in [0, 0.1) is 19.3 Å². The van der Waals surface area contributed by atoms with E-state index in [1.807, 2.05) is 39.0 Å². The van der Waals surface area contributed by atoms with Crippen LogP contribution in [0.5, 0.6) is 0 Å². The fraction of sp³-hybridized carbons (Fsp3) is 0.471. The van der Waals surface area contributed by atoms with Crippen molar-refractivity contribution in [2.45, 2.75) is 34.1 Å². The Morgan fingerprint density at radius 2 is 2.05 bits per heavy atom. The molecule has 3 N–H and O–H groups in total. The molecular weight excluding hydrogens is 264 g/mol. The fourth-order valence-electron chi connectivity index (χ4n) is 2.42. The minimum Gasteiger partial charge on any atom is -0.396 e. The third-order valence-corrected chi connectivity index (χ3v) is 4.09. The number of aromatic nitrogens is 1. The van der Waals surface area contributed by atoms with Crippen molar-refractivity contribution in [1.29, 1.82) is 0 Å². The Kier molecular flexibility index (Phi) is 4.37. The van der Waals surface area contributed by atoms with Crippen molar-refractivity contribution < 1.29 is 9.90 Å². The van der Waals surface area contributed by atoms with E-state index in [1.54, 1.807) is 0 Å². The number of fused-ring (bicyclic) bond motifs is 1. The van der Waals surface area contributed by atoms with Crippen LogP contribution < -0.4 is 5.32 Å². The van der Waals surface area contributed by atoms with Crippen molar-refractivity contribution in [2.75, 3.05) is 13.2 Å². The number of carbonyl (C=O) groups is 1. The van der Waals surface area contributed by atoms with Gasteiger partial charge in [0.05, 0.1) is 0 Å². The summed E-state index contributed by atoms with van der Waals surface area (Å²) in [5, 5.41) is 13.1. The van der Waals surface area contributed by atoms with Crippen molar-refractivity contribution in [3.8, 4) is 0 Å². The molecule has 0 radical (unpaired) electrons. The zero-order valence-corrected chi connectivity index (χ0v) is 13.2. The molecule has 1 aromatic carbocycles. The molecule has 0 atom stereocenters. The predicted molar refractivity (Wildman–Crippen MR) is 85.6 cm³/mol. The smallest absolute Gasteiger partial charge is 0.251 e. The second-order valence-electron chi connectivity index (χ2n) is 6.46. The lowest BCUT2D eigenvalue weighted by atomic mass is 9.89. The molecule has 4 nitrogen and oxygen atoms in total. The van der Waals surface area contributed by atoms with Gasteiger partial charge >= 0.3 is 0 Å². The van der Waals surface area contributed by atoms with Crippen LogP contribution in [0.1, 0.15) is 41.9 Å². The van der Waals surface area contributed by atoms with Crippen LogP contribution in [0.25, 0.3) is 10.9 Å². The van der Waals surface area contributed by atoms with Gasteiger partial charge in [0.1, 0.15) is 0 Å². The molecule has 0 saturated carbocycles. The van der Waals surface area contributed by atoms with Crippen molar-refractivity contribution in [3.63, 3.8) is 0 Å². The highest BCUT2D eigenvalue weighted by molar-refractivity contribution is 5.99. The summed E-state index contributed by atoms with van der Waals surface area (Å²) in [5.74, 6) is -0.0684. The summed E-state index contributed by atoms with van der Waals surface area (Å²) < 4.78 is 0. The zero-order chi connectivity index (χ0) is 15.6. The van der Waals surface area contributed by atoms with E-state index >= 15 is 0 Å². The summed E-state index contributed by atoms with van der Waals surface area (Å²) in [5.41, 5.74) is 3.94. The zero-order valence-electron chi connectivity index (χ0n) is 13.2. The summed E-state index contributed by atoms with van der Waals surface area (Å²) in [6, 6.07) is 5.72. The number of amides is 1. The van der Waals surface area contributed by atoms with Crippen molar-refractivity contribution in [1.82, 2.24) is 10.3 Å². The number of benzene rings is 1. The van der Waals surface area contributed by atoms with Crippen molar-refractivity contribution >= 4 is 16.8 Å². The van der Waals surface area contributed by atoms with Crippen LogP contribution in [0.15, 0.2) is 18.2 Å². The molecule has 0 saturated heterocycles. The van der Waals surface area contributed by atoms with E-state index in [0.717, 1.165) is 16.6 Å². The maximum atomic E-state index is 12.3. The maximum Gasteiger partial charge on any atom is 0.251 e. The number of carbonyl (C=O) groups excluding carboxylic acids is 1. The normalized spacial score (nSPS) is 11.9. The van der Waals surface area contributed by atoms with Crippen LogP contribution in [-0.2, 0) is 0 Å². The van der Waals surface area contributed by atoms with E-state index in [4.69, 9.17) is 5.11 Å². The first kappa shape index (κ1) is 15.6. The number of hydrogen-bond acceptors (Lipinski definition) is 2. The Balaban J connectivity index is 2.14. The van der Waals surface area contributed by atoms with Crippen LogP contribution in [0.3, 0.4) is 0 Å². The summed E-state index contributed by atoms with van der Waals surface area (Å²) in [4.78, 5) is 15.6. The van der Waals surface area contributed by atoms with Gasteiger partial charge in [0.15, 0.2) is 0 Å². The van der Waals surface area contributed by atoms with E-state index in [0.29, 0.717) is 18.5 Å². The standard InChI is InChI=1S/C17H24N2O2/c1-11-12(2)19-15-6-5-13(9-14(11)15)16(21)18-10-17(3,4)7-8-20/h5-6,9,19-20H,7-8,10H2,1-4H3,(H,18,21). The second-order valence-corrected chi connectivity index (χ2v) is 6.46. The van der Waals surface area contributed by atoms with Gasteiger partial charge in [0.25, 0.3) is 5.91 Å². The average molecular weight is 288 g/mol. The van der Waals surface area contributed by atoms with Crippen molar-refractivity contribution in [3.05, 3.63) is 35.0 Å². The van der Waals surface area contributed by atoms with Gasteiger partial charge in [-0.3, -0.25) is 4.79 Å². The monoisotopic (exact) mass is 288 g/mol. The van der Waals surface area contributed by atoms with Gasteiger partial charge < -0.3 is 15.4 Å². The van der Waals surface area contributed by atoms with Gasteiger partial charge in [0, 0.05) is 35.3 Å². The van der Waals surface area contributed by atoms with E-state index in [9.17, 15) is 4.79 Å². The minimum atomic E-state index is -0.102. The van der Waals surface area contributed by atoms with Gasteiger partial charge in [-0.2, -0.15) is 0 Å².